The Balaban J connectivity index is 2.75. The molecular formula is C7H6ClNO4. The number of nitrogens with zero attached hydrogens (tertiary/aromatic N) is 1. The van der Waals surface area contributed by atoms with Crippen molar-refractivity contribution in [3.05, 3.63) is 12.7 Å². The summed E-state index contributed by atoms with van der Waals surface area (Å²) < 4.78 is 0. The van der Waals surface area contributed by atoms with Crippen molar-refractivity contribution in [3.8, 4) is 0 Å². The van der Waals surface area contributed by atoms with E-state index in [9.17, 15) is 14.4 Å². The molecule has 1 aliphatic heterocycles. The standard InChI is InChI=1S/C7H6ClNO4/c1-2-4-3-5(10)9(6(4)11)13-7(8)12/h2,4H,1,3H2. The van der Waals surface area contributed by atoms with Gasteiger partial charge < -0.3 is 4.84 Å². The van der Waals surface area contributed by atoms with Crippen LogP contribution in [-0.4, -0.2) is 22.3 Å². The maximum absolute atomic E-state index is 11.2. The molecule has 1 atom stereocenters. The number of carbonyl (C=O) groups excluding carboxylic acids is 3. The summed E-state index contributed by atoms with van der Waals surface area (Å²) in [6, 6.07) is 0. The second-order valence-corrected chi connectivity index (χ2v) is 2.71. The van der Waals surface area contributed by atoms with Crippen LogP contribution in [-0.2, 0) is 14.4 Å². The molecule has 0 aromatic rings. The summed E-state index contributed by atoms with van der Waals surface area (Å²) in [4.78, 5) is 36.6. The molecule has 1 rings (SSSR count). The number of halogens is 1. The first-order chi connectivity index (χ1) is 6.06. The number of amides is 2. The van der Waals surface area contributed by atoms with Crippen LogP contribution in [0, 0.1) is 5.92 Å². The van der Waals surface area contributed by atoms with Crippen LogP contribution in [0.3, 0.4) is 0 Å². The maximum Gasteiger partial charge on any atom is 0.428 e. The molecule has 0 spiro atoms. The van der Waals surface area contributed by atoms with Crippen molar-refractivity contribution in [1.29, 1.82) is 0 Å². The minimum absolute atomic E-state index is 0.0352. The summed E-state index contributed by atoms with van der Waals surface area (Å²) in [5.41, 5.74) is -1.22. The van der Waals surface area contributed by atoms with Gasteiger partial charge in [-0.3, -0.25) is 9.59 Å². The van der Waals surface area contributed by atoms with Gasteiger partial charge in [0.05, 0.1) is 5.92 Å². The summed E-state index contributed by atoms with van der Waals surface area (Å²) in [6.07, 6.45) is 1.29. The summed E-state index contributed by atoms with van der Waals surface area (Å²) in [6.45, 7) is 3.37. The van der Waals surface area contributed by atoms with Crippen LogP contribution in [0.2, 0.25) is 0 Å². The Bertz CT molecular complexity index is 288. The third kappa shape index (κ3) is 1.86. The molecule has 1 fully saturated rings. The molecular weight excluding hydrogens is 198 g/mol. The smallest absolute Gasteiger partial charge is 0.315 e. The molecule has 0 N–H and O–H groups in total. The first-order valence-electron chi connectivity index (χ1n) is 3.43. The van der Waals surface area contributed by atoms with Crippen LogP contribution in [0.1, 0.15) is 6.42 Å². The summed E-state index contributed by atoms with van der Waals surface area (Å²) >= 11 is 4.85. The Morgan fingerprint density at radius 3 is 2.69 bits per heavy atom. The van der Waals surface area contributed by atoms with Crippen molar-refractivity contribution >= 4 is 28.8 Å². The third-order valence-electron chi connectivity index (χ3n) is 1.59. The van der Waals surface area contributed by atoms with Crippen LogP contribution in [0.5, 0.6) is 0 Å². The Kier molecular flexibility index (Phi) is 2.67. The number of hydrogen-bond donors (Lipinski definition) is 0. The van der Waals surface area contributed by atoms with Gasteiger partial charge in [0.1, 0.15) is 0 Å². The molecule has 5 nitrogen and oxygen atoms in total. The monoisotopic (exact) mass is 203 g/mol. The molecule has 1 unspecified atom stereocenters. The van der Waals surface area contributed by atoms with Crippen LogP contribution in [0.15, 0.2) is 12.7 Å². The SMILES string of the molecule is C=CC1CC(=O)N(OC(=O)Cl)C1=O. The van der Waals surface area contributed by atoms with Crippen LogP contribution in [0.25, 0.3) is 0 Å². The van der Waals surface area contributed by atoms with Crippen molar-refractivity contribution in [1.82, 2.24) is 5.06 Å². The van der Waals surface area contributed by atoms with E-state index in [2.05, 4.69) is 11.4 Å². The fourth-order valence-electron chi connectivity index (χ4n) is 0.984. The lowest BCUT2D eigenvalue weighted by Gasteiger charge is -2.09. The van der Waals surface area contributed by atoms with E-state index in [4.69, 9.17) is 11.6 Å². The van der Waals surface area contributed by atoms with Gasteiger partial charge in [0.2, 0.25) is 0 Å². The van der Waals surface area contributed by atoms with E-state index in [1.165, 1.54) is 6.08 Å². The topological polar surface area (TPSA) is 63.7 Å². The molecule has 1 heterocycles. The molecule has 0 aromatic carbocycles. The van der Waals surface area contributed by atoms with Gasteiger partial charge in [0.25, 0.3) is 11.8 Å². The zero-order valence-corrected chi connectivity index (χ0v) is 7.28. The van der Waals surface area contributed by atoms with E-state index in [-0.39, 0.29) is 6.42 Å². The van der Waals surface area contributed by atoms with Gasteiger partial charge in [0, 0.05) is 18.0 Å². The summed E-state index contributed by atoms with van der Waals surface area (Å²) in [5, 5.41) is 0.363. The molecule has 0 bridgehead atoms. The molecule has 1 aliphatic rings. The first-order valence-corrected chi connectivity index (χ1v) is 3.81. The van der Waals surface area contributed by atoms with Crippen molar-refractivity contribution in [2.75, 3.05) is 0 Å². The van der Waals surface area contributed by atoms with Crippen molar-refractivity contribution in [2.45, 2.75) is 6.42 Å². The minimum atomic E-state index is -1.22. The van der Waals surface area contributed by atoms with Crippen LogP contribution < -0.4 is 0 Å². The zero-order chi connectivity index (χ0) is 10.0. The normalized spacial score (nSPS) is 21.9. The second kappa shape index (κ2) is 3.57. The third-order valence-corrected chi connectivity index (χ3v) is 1.65. The number of hydrogen-bond acceptors (Lipinski definition) is 4. The Morgan fingerprint density at radius 1 is 1.69 bits per heavy atom. The van der Waals surface area contributed by atoms with E-state index in [0.717, 1.165) is 0 Å². The molecule has 1 saturated heterocycles. The summed E-state index contributed by atoms with van der Waals surface area (Å²) in [7, 11) is 0. The largest absolute Gasteiger partial charge is 0.428 e. The highest BCUT2D eigenvalue weighted by Crippen LogP contribution is 2.20. The maximum atomic E-state index is 11.2. The van der Waals surface area contributed by atoms with E-state index in [1.807, 2.05) is 0 Å². The quantitative estimate of drug-likeness (QED) is 0.379. The van der Waals surface area contributed by atoms with Gasteiger partial charge in [-0.25, -0.2) is 4.79 Å². The Morgan fingerprint density at radius 2 is 2.31 bits per heavy atom. The molecule has 6 heteroatoms. The van der Waals surface area contributed by atoms with Crippen LogP contribution in [0.4, 0.5) is 4.79 Å². The number of carbonyl (C=O) groups is 3. The molecule has 0 aliphatic carbocycles. The van der Waals surface area contributed by atoms with Crippen molar-refractivity contribution < 1.29 is 19.2 Å². The number of hydroxylamine groups is 2. The van der Waals surface area contributed by atoms with Gasteiger partial charge in [-0.2, -0.15) is 0 Å². The van der Waals surface area contributed by atoms with Gasteiger partial charge in [-0.1, -0.05) is 6.08 Å². The lowest BCUT2D eigenvalue weighted by molar-refractivity contribution is -0.170. The highest BCUT2D eigenvalue weighted by Gasteiger charge is 2.39. The molecule has 70 valence electrons. The van der Waals surface area contributed by atoms with E-state index in [1.54, 1.807) is 0 Å². The van der Waals surface area contributed by atoms with Crippen molar-refractivity contribution in [3.63, 3.8) is 0 Å². The van der Waals surface area contributed by atoms with Gasteiger partial charge >= 0.3 is 5.43 Å². The predicted octanol–water partition coefficient (Wildman–Crippen LogP) is 0.838. The van der Waals surface area contributed by atoms with Gasteiger partial charge in [-0.15, -0.1) is 11.6 Å². The van der Waals surface area contributed by atoms with Gasteiger partial charge in [0.15, 0.2) is 0 Å². The van der Waals surface area contributed by atoms with E-state index in [0.29, 0.717) is 5.06 Å². The number of imide groups is 1. The Labute approximate surface area is 78.8 Å². The molecule has 2 amide bonds. The molecule has 0 radical (unpaired) electrons. The van der Waals surface area contributed by atoms with E-state index >= 15 is 0 Å². The average Bonchev–Trinajstić information content (AvgIpc) is 2.31. The molecule has 0 saturated carbocycles. The highest BCUT2D eigenvalue weighted by molar-refractivity contribution is 6.61. The first kappa shape index (κ1) is 9.73. The molecule has 0 aromatic heterocycles. The highest BCUT2D eigenvalue weighted by atomic mass is 35.5. The Hall–Kier alpha value is -1.36. The average molecular weight is 204 g/mol. The molecule has 13 heavy (non-hydrogen) atoms. The second-order valence-electron chi connectivity index (χ2n) is 2.40. The minimum Gasteiger partial charge on any atom is -0.315 e. The van der Waals surface area contributed by atoms with Gasteiger partial charge in [-0.05, 0) is 0 Å². The fourth-order valence-corrected chi connectivity index (χ4v) is 1.05. The lowest BCUT2D eigenvalue weighted by Crippen LogP contribution is -2.31. The van der Waals surface area contributed by atoms with Crippen LogP contribution >= 0.6 is 11.6 Å². The summed E-state index contributed by atoms with van der Waals surface area (Å²) in [5.74, 6) is -1.83. The van der Waals surface area contributed by atoms with E-state index < -0.39 is 23.2 Å². The van der Waals surface area contributed by atoms with Crippen molar-refractivity contribution in [2.24, 2.45) is 5.92 Å². The fraction of sp³-hybridized carbons (Fsp3) is 0.286. The lowest BCUT2D eigenvalue weighted by atomic mass is 10.1. The predicted molar refractivity (Wildman–Crippen MR) is 42.5 cm³/mol. The number of rotatable bonds is 2. The zero-order valence-electron chi connectivity index (χ0n) is 6.53.